The summed E-state index contributed by atoms with van der Waals surface area (Å²) in [7, 11) is 0. The SMILES string of the molecule is Cc1cc(Br)ccc1C(=O)C(Cl)c1ccc(F)cc1. The first-order valence-electron chi connectivity index (χ1n) is 5.69. The number of carbonyl (C=O) groups excluding carboxylic acids is 1. The third-order valence-electron chi connectivity index (χ3n) is 2.85. The second kappa shape index (κ2) is 5.85. The molecule has 1 atom stereocenters. The summed E-state index contributed by atoms with van der Waals surface area (Å²) in [5.74, 6) is -0.529. The number of hydrogen-bond donors (Lipinski definition) is 0. The maximum Gasteiger partial charge on any atom is 0.185 e. The molecule has 0 fully saturated rings. The molecule has 0 heterocycles. The molecular formula is C15H11BrClFO. The van der Waals surface area contributed by atoms with Gasteiger partial charge in [0.25, 0.3) is 0 Å². The van der Waals surface area contributed by atoms with Crippen LogP contribution in [0.2, 0.25) is 0 Å². The van der Waals surface area contributed by atoms with Gasteiger partial charge in [-0.25, -0.2) is 4.39 Å². The van der Waals surface area contributed by atoms with Gasteiger partial charge in [-0.3, -0.25) is 4.79 Å². The minimum atomic E-state index is -0.805. The monoisotopic (exact) mass is 340 g/mol. The van der Waals surface area contributed by atoms with Crippen LogP contribution in [0, 0.1) is 12.7 Å². The maximum absolute atomic E-state index is 12.8. The summed E-state index contributed by atoms with van der Waals surface area (Å²) in [4.78, 5) is 12.3. The zero-order chi connectivity index (χ0) is 14.0. The van der Waals surface area contributed by atoms with Crippen molar-refractivity contribution in [1.29, 1.82) is 0 Å². The van der Waals surface area contributed by atoms with Gasteiger partial charge in [-0.1, -0.05) is 28.1 Å². The van der Waals surface area contributed by atoms with Gasteiger partial charge in [0.05, 0.1) is 0 Å². The predicted molar refractivity (Wildman–Crippen MR) is 78.2 cm³/mol. The lowest BCUT2D eigenvalue weighted by molar-refractivity contribution is 0.0986. The molecule has 4 heteroatoms. The summed E-state index contributed by atoms with van der Waals surface area (Å²) in [6.07, 6.45) is 0. The molecule has 0 N–H and O–H groups in total. The molecule has 0 aliphatic carbocycles. The van der Waals surface area contributed by atoms with E-state index in [9.17, 15) is 9.18 Å². The number of halogens is 3. The highest BCUT2D eigenvalue weighted by atomic mass is 79.9. The third kappa shape index (κ3) is 3.23. The van der Waals surface area contributed by atoms with Gasteiger partial charge in [0, 0.05) is 10.0 Å². The van der Waals surface area contributed by atoms with Crippen molar-refractivity contribution < 1.29 is 9.18 Å². The van der Waals surface area contributed by atoms with E-state index in [0.29, 0.717) is 11.1 Å². The highest BCUT2D eigenvalue weighted by Gasteiger charge is 2.20. The van der Waals surface area contributed by atoms with E-state index in [1.165, 1.54) is 24.3 Å². The molecular weight excluding hydrogens is 331 g/mol. The Morgan fingerprint density at radius 3 is 2.42 bits per heavy atom. The largest absolute Gasteiger partial charge is 0.292 e. The number of alkyl halides is 1. The molecule has 1 nitrogen and oxygen atoms in total. The molecule has 0 amide bonds. The Labute approximate surface area is 124 Å². The molecule has 2 aromatic rings. The topological polar surface area (TPSA) is 17.1 Å². The van der Waals surface area contributed by atoms with E-state index in [0.717, 1.165) is 10.0 Å². The van der Waals surface area contributed by atoms with E-state index >= 15 is 0 Å². The van der Waals surface area contributed by atoms with Gasteiger partial charge < -0.3 is 0 Å². The summed E-state index contributed by atoms with van der Waals surface area (Å²) < 4.78 is 13.8. The van der Waals surface area contributed by atoms with Gasteiger partial charge in [0.2, 0.25) is 0 Å². The maximum atomic E-state index is 12.8. The molecule has 0 bridgehead atoms. The van der Waals surface area contributed by atoms with E-state index in [1.807, 2.05) is 13.0 Å². The van der Waals surface area contributed by atoms with Crippen LogP contribution in [-0.4, -0.2) is 5.78 Å². The fraction of sp³-hybridized carbons (Fsp3) is 0.133. The van der Waals surface area contributed by atoms with Crippen molar-refractivity contribution in [2.45, 2.75) is 12.3 Å². The van der Waals surface area contributed by atoms with Crippen molar-refractivity contribution in [2.75, 3.05) is 0 Å². The van der Waals surface area contributed by atoms with Gasteiger partial charge in [-0.15, -0.1) is 11.6 Å². The van der Waals surface area contributed by atoms with Crippen LogP contribution in [0.15, 0.2) is 46.9 Å². The molecule has 2 aromatic carbocycles. The lowest BCUT2D eigenvalue weighted by Crippen LogP contribution is -2.09. The van der Waals surface area contributed by atoms with E-state index in [-0.39, 0.29) is 11.6 Å². The number of ketones is 1. The molecule has 19 heavy (non-hydrogen) atoms. The molecule has 0 radical (unpaired) electrons. The number of aryl methyl sites for hydroxylation is 1. The zero-order valence-electron chi connectivity index (χ0n) is 10.2. The number of benzene rings is 2. The molecule has 0 spiro atoms. The van der Waals surface area contributed by atoms with Crippen molar-refractivity contribution in [2.24, 2.45) is 0 Å². The smallest absolute Gasteiger partial charge is 0.185 e. The summed E-state index contributed by atoms with van der Waals surface area (Å²) in [6.45, 7) is 1.85. The zero-order valence-corrected chi connectivity index (χ0v) is 12.5. The Hall–Kier alpha value is -1.19. The number of carbonyl (C=O) groups is 1. The first-order valence-corrected chi connectivity index (χ1v) is 6.92. The second-order valence-corrected chi connectivity index (χ2v) is 5.59. The Kier molecular flexibility index (Phi) is 4.38. The predicted octanol–water partition coefficient (Wildman–Crippen LogP) is 5.06. The van der Waals surface area contributed by atoms with Crippen molar-refractivity contribution in [3.8, 4) is 0 Å². The Morgan fingerprint density at radius 2 is 1.84 bits per heavy atom. The molecule has 1 unspecified atom stereocenters. The summed E-state index contributed by atoms with van der Waals surface area (Å²) >= 11 is 9.52. The minimum Gasteiger partial charge on any atom is -0.292 e. The normalized spacial score (nSPS) is 12.2. The lowest BCUT2D eigenvalue weighted by Gasteiger charge is -2.11. The number of hydrogen-bond acceptors (Lipinski definition) is 1. The Bertz CT molecular complexity index is 610. The average Bonchev–Trinajstić information content (AvgIpc) is 2.38. The molecule has 0 aliphatic heterocycles. The minimum absolute atomic E-state index is 0.182. The number of Topliss-reactive ketones (excluding diaryl/α,β-unsaturated/α-hetero) is 1. The van der Waals surface area contributed by atoms with E-state index in [2.05, 4.69) is 15.9 Å². The molecule has 98 valence electrons. The van der Waals surface area contributed by atoms with Crippen LogP contribution in [0.1, 0.15) is 26.9 Å². The van der Waals surface area contributed by atoms with Crippen molar-refractivity contribution in [1.82, 2.24) is 0 Å². The summed E-state index contributed by atoms with van der Waals surface area (Å²) in [5.41, 5.74) is 2.02. The molecule has 0 saturated heterocycles. The van der Waals surface area contributed by atoms with E-state index in [4.69, 9.17) is 11.6 Å². The third-order valence-corrected chi connectivity index (χ3v) is 3.79. The van der Waals surface area contributed by atoms with E-state index < -0.39 is 5.38 Å². The van der Waals surface area contributed by atoms with Gasteiger partial charge in [0.1, 0.15) is 11.2 Å². The molecule has 0 aliphatic rings. The Balaban J connectivity index is 2.30. The summed E-state index contributed by atoms with van der Waals surface area (Å²) in [6, 6.07) is 11.0. The lowest BCUT2D eigenvalue weighted by atomic mass is 9.99. The van der Waals surface area contributed by atoms with E-state index in [1.54, 1.807) is 12.1 Å². The number of rotatable bonds is 3. The van der Waals surface area contributed by atoms with Crippen LogP contribution in [0.4, 0.5) is 4.39 Å². The highest BCUT2D eigenvalue weighted by Crippen LogP contribution is 2.27. The standard InChI is InChI=1S/C15H11BrClFO/c1-9-8-11(16)4-7-13(9)15(19)14(17)10-2-5-12(18)6-3-10/h2-8,14H,1H3. The van der Waals surface area contributed by atoms with Crippen LogP contribution < -0.4 is 0 Å². The molecule has 0 aromatic heterocycles. The summed E-state index contributed by atoms with van der Waals surface area (Å²) in [5, 5.41) is -0.805. The quantitative estimate of drug-likeness (QED) is 0.563. The van der Waals surface area contributed by atoms with Crippen LogP contribution in [0.25, 0.3) is 0 Å². The highest BCUT2D eigenvalue weighted by molar-refractivity contribution is 9.10. The molecule has 0 saturated carbocycles. The van der Waals surface area contributed by atoms with Crippen molar-refractivity contribution >= 4 is 33.3 Å². The van der Waals surface area contributed by atoms with Crippen LogP contribution in [0.5, 0.6) is 0 Å². The fourth-order valence-corrected chi connectivity index (χ4v) is 2.56. The molecule has 2 rings (SSSR count). The van der Waals surface area contributed by atoms with Gasteiger partial charge >= 0.3 is 0 Å². The van der Waals surface area contributed by atoms with Gasteiger partial charge in [-0.05, 0) is 48.4 Å². The second-order valence-electron chi connectivity index (χ2n) is 4.24. The fourth-order valence-electron chi connectivity index (χ4n) is 1.82. The van der Waals surface area contributed by atoms with Gasteiger partial charge in [0.15, 0.2) is 5.78 Å². The van der Waals surface area contributed by atoms with Crippen LogP contribution in [0.3, 0.4) is 0 Å². The van der Waals surface area contributed by atoms with Crippen LogP contribution >= 0.6 is 27.5 Å². The Morgan fingerprint density at radius 1 is 1.21 bits per heavy atom. The van der Waals surface area contributed by atoms with Crippen molar-refractivity contribution in [3.63, 3.8) is 0 Å². The average molecular weight is 342 g/mol. The first-order chi connectivity index (χ1) is 8.99. The van der Waals surface area contributed by atoms with Crippen molar-refractivity contribution in [3.05, 3.63) is 69.4 Å². The first kappa shape index (κ1) is 14.2. The van der Waals surface area contributed by atoms with Crippen LogP contribution in [-0.2, 0) is 0 Å². The van der Waals surface area contributed by atoms with Gasteiger partial charge in [-0.2, -0.15) is 0 Å².